The molecule has 1 heterocycles. The van der Waals surface area contributed by atoms with Gasteiger partial charge in [0.15, 0.2) is 0 Å². The molecule has 0 saturated carbocycles. The molecule has 3 nitrogen and oxygen atoms in total. The SMILES string of the molecule is CC1CCN(c2c(Cl)cccc2CNC(C)(C)C)CC1O. The van der Waals surface area contributed by atoms with Crippen molar-refractivity contribution in [3.05, 3.63) is 28.8 Å². The third-order valence-corrected chi connectivity index (χ3v) is 4.42. The number of β-amino-alcohol motifs (C(OH)–C–C–N with tert-alkyl or cyclic N) is 1. The Morgan fingerprint density at radius 2 is 2.10 bits per heavy atom. The van der Waals surface area contributed by atoms with Gasteiger partial charge in [-0.25, -0.2) is 0 Å². The van der Waals surface area contributed by atoms with Gasteiger partial charge in [0.2, 0.25) is 0 Å². The maximum Gasteiger partial charge on any atom is 0.0741 e. The topological polar surface area (TPSA) is 35.5 Å². The van der Waals surface area contributed by atoms with Crippen molar-refractivity contribution in [1.29, 1.82) is 0 Å². The molecule has 0 spiro atoms. The number of aliphatic hydroxyl groups is 1. The number of anilines is 1. The largest absolute Gasteiger partial charge is 0.391 e. The molecule has 1 aromatic rings. The normalized spacial score (nSPS) is 23.4. The average Bonchev–Trinajstić information content (AvgIpc) is 2.39. The molecule has 2 N–H and O–H groups in total. The van der Waals surface area contributed by atoms with E-state index in [9.17, 15) is 5.11 Å². The summed E-state index contributed by atoms with van der Waals surface area (Å²) in [5.74, 6) is 0.361. The summed E-state index contributed by atoms with van der Waals surface area (Å²) in [4.78, 5) is 2.23. The number of para-hydroxylation sites is 1. The lowest BCUT2D eigenvalue weighted by Crippen LogP contribution is -2.44. The third-order valence-electron chi connectivity index (χ3n) is 4.11. The molecule has 0 bridgehead atoms. The van der Waals surface area contributed by atoms with Crippen LogP contribution in [0, 0.1) is 5.92 Å². The highest BCUT2D eigenvalue weighted by Gasteiger charge is 2.27. The zero-order valence-electron chi connectivity index (χ0n) is 13.5. The molecule has 1 fully saturated rings. The lowest BCUT2D eigenvalue weighted by Gasteiger charge is -2.37. The summed E-state index contributed by atoms with van der Waals surface area (Å²) in [5, 5.41) is 14.4. The summed E-state index contributed by atoms with van der Waals surface area (Å²) >= 11 is 6.45. The second kappa shape index (κ2) is 6.55. The number of benzene rings is 1. The molecule has 118 valence electrons. The minimum Gasteiger partial charge on any atom is -0.391 e. The third kappa shape index (κ3) is 4.35. The standard InChI is InChI=1S/C17H27ClN2O/c1-12-8-9-20(11-15(12)21)16-13(6-5-7-14(16)18)10-19-17(2,3)4/h5-7,12,15,19,21H,8-11H2,1-4H3. The van der Waals surface area contributed by atoms with E-state index >= 15 is 0 Å². The van der Waals surface area contributed by atoms with Crippen molar-refractivity contribution < 1.29 is 5.11 Å². The second-order valence-corrected chi connectivity index (χ2v) is 7.54. The molecule has 4 heteroatoms. The van der Waals surface area contributed by atoms with Crippen LogP contribution >= 0.6 is 11.6 Å². The first kappa shape index (κ1) is 16.6. The number of rotatable bonds is 3. The van der Waals surface area contributed by atoms with Crippen molar-refractivity contribution in [1.82, 2.24) is 5.32 Å². The smallest absolute Gasteiger partial charge is 0.0741 e. The van der Waals surface area contributed by atoms with Crippen molar-refractivity contribution in [3.8, 4) is 0 Å². The Bertz CT molecular complexity index is 484. The highest BCUT2D eigenvalue weighted by molar-refractivity contribution is 6.33. The first-order chi connectivity index (χ1) is 9.78. The van der Waals surface area contributed by atoms with E-state index in [0.29, 0.717) is 12.5 Å². The van der Waals surface area contributed by atoms with Crippen molar-refractivity contribution in [3.63, 3.8) is 0 Å². The monoisotopic (exact) mass is 310 g/mol. The van der Waals surface area contributed by atoms with Crippen molar-refractivity contribution in [2.45, 2.75) is 52.3 Å². The Morgan fingerprint density at radius 1 is 1.38 bits per heavy atom. The number of piperidine rings is 1. The summed E-state index contributed by atoms with van der Waals surface area (Å²) in [6.07, 6.45) is 0.719. The van der Waals surface area contributed by atoms with Crippen LogP contribution in [-0.2, 0) is 6.54 Å². The van der Waals surface area contributed by atoms with Gasteiger partial charge in [-0.2, -0.15) is 0 Å². The second-order valence-electron chi connectivity index (χ2n) is 7.13. The molecule has 0 amide bonds. The van der Waals surface area contributed by atoms with Crippen LogP contribution in [0.4, 0.5) is 5.69 Å². The Balaban J connectivity index is 2.21. The maximum atomic E-state index is 10.1. The van der Waals surface area contributed by atoms with E-state index in [1.165, 1.54) is 5.56 Å². The van der Waals surface area contributed by atoms with Crippen molar-refractivity contribution >= 4 is 17.3 Å². The number of halogens is 1. The minimum absolute atomic E-state index is 0.0650. The van der Waals surface area contributed by atoms with E-state index in [2.05, 4.69) is 44.0 Å². The highest BCUT2D eigenvalue weighted by atomic mass is 35.5. The van der Waals surface area contributed by atoms with Crippen LogP contribution in [0.15, 0.2) is 18.2 Å². The molecule has 1 aliphatic heterocycles. The van der Waals surface area contributed by atoms with Crippen LogP contribution in [0.2, 0.25) is 5.02 Å². The van der Waals surface area contributed by atoms with E-state index < -0.39 is 0 Å². The minimum atomic E-state index is -0.279. The Labute approximate surface area is 133 Å². The lowest BCUT2D eigenvalue weighted by atomic mass is 9.95. The van der Waals surface area contributed by atoms with Crippen molar-refractivity contribution in [2.75, 3.05) is 18.0 Å². The van der Waals surface area contributed by atoms with Gasteiger partial charge in [-0.3, -0.25) is 0 Å². The van der Waals surface area contributed by atoms with Crippen LogP contribution in [0.5, 0.6) is 0 Å². The number of hydrogen-bond acceptors (Lipinski definition) is 3. The molecular weight excluding hydrogens is 284 g/mol. The van der Waals surface area contributed by atoms with Crippen molar-refractivity contribution in [2.24, 2.45) is 5.92 Å². The molecule has 0 aliphatic carbocycles. The first-order valence-corrected chi connectivity index (χ1v) is 8.11. The molecule has 1 aliphatic rings. The summed E-state index contributed by atoms with van der Waals surface area (Å²) in [7, 11) is 0. The molecule has 2 unspecified atom stereocenters. The average molecular weight is 311 g/mol. The van der Waals surface area contributed by atoms with Gasteiger partial charge < -0.3 is 15.3 Å². The molecule has 2 rings (SSSR count). The van der Waals surface area contributed by atoms with Crippen LogP contribution in [0.25, 0.3) is 0 Å². The van der Waals surface area contributed by atoms with E-state index in [1.54, 1.807) is 0 Å². The summed E-state index contributed by atoms with van der Waals surface area (Å²) in [6.45, 7) is 11.0. The fourth-order valence-corrected chi connectivity index (χ4v) is 2.98. The molecule has 21 heavy (non-hydrogen) atoms. The van der Waals surface area contributed by atoms with Gasteiger partial charge in [-0.05, 0) is 44.7 Å². The molecule has 0 radical (unpaired) electrons. The number of hydrogen-bond donors (Lipinski definition) is 2. The molecule has 2 atom stereocenters. The van der Waals surface area contributed by atoms with Gasteiger partial charge in [0.05, 0.1) is 16.8 Å². The van der Waals surface area contributed by atoms with E-state index in [0.717, 1.165) is 30.2 Å². The fourth-order valence-electron chi connectivity index (χ4n) is 2.67. The molecule has 1 saturated heterocycles. The summed E-state index contributed by atoms with van der Waals surface area (Å²) < 4.78 is 0. The Hall–Kier alpha value is -0.770. The van der Waals surface area contributed by atoms with E-state index in [4.69, 9.17) is 11.6 Å². The molecule has 0 aromatic heterocycles. The fraction of sp³-hybridized carbons (Fsp3) is 0.647. The van der Waals surface area contributed by atoms with Crippen LogP contribution in [0.1, 0.15) is 39.7 Å². The van der Waals surface area contributed by atoms with Crippen LogP contribution in [-0.4, -0.2) is 29.8 Å². The van der Waals surface area contributed by atoms with Gasteiger partial charge >= 0.3 is 0 Å². The number of nitrogens with one attached hydrogen (secondary N) is 1. The van der Waals surface area contributed by atoms with Gasteiger partial charge in [-0.1, -0.05) is 30.7 Å². The summed E-state index contributed by atoms with van der Waals surface area (Å²) in [6, 6.07) is 6.04. The highest BCUT2D eigenvalue weighted by Crippen LogP contribution is 2.33. The van der Waals surface area contributed by atoms with Gasteiger partial charge in [0.1, 0.15) is 0 Å². The number of aliphatic hydroxyl groups excluding tert-OH is 1. The van der Waals surface area contributed by atoms with Gasteiger partial charge in [0, 0.05) is 25.2 Å². The van der Waals surface area contributed by atoms with Crippen LogP contribution < -0.4 is 10.2 Å². The predicted octanol–water partition coefficient (Wildman–Crippen LogP) is 3.44. The van der Waals surface area contributed by atoms with E-state index in [-0.39, 0.29) is 11.6 Å². The van der Waals surface area contributed by atoms with Gasteiger partial charge in [0.25, 0.3) is 0 Å². The van der Waals surface area contributed by atoms with Crippen LogP contribution in [0.3, 0.4) is 0 Å². The summed E-state index contributed by atoms with van der Waals surface area (Å²) in [5.41, 5.74) is 2.33. The maximum absolute atomic E-state index is 10.1. The zero-order valence-corrected chi connectivity index (χ0v) is 14.2. The zero-order chi connectivity index (χ0) is 15.6. The first-order valence-electron chi connectivity index (χ1n) is 7.73. The van der Waals surface area contributed by atoms with Gasteiger partial charge in [-0.15, -0.1) is 0 Å². The lowest BCUT2D eigenvalue weighted by molar-refractivity contribution is 0.103. The predicted molar refractivity (Wildman–Crippen MR) is 90.0 cm³/mol. The molecule has 1 aromatic carbocycles. The number of nitrogens with zero attached hydrogens (tertiary/aromatic N) is 1. The quantitative estimate of drug-likeness (QED) is 0.898. The molecular formula is C17H27ClN2O. The Morgan fingerprint density at radius 3 is 2.71 bits per heavy atom. The Kier molecular flexibility index (Phi) is 5.18. The van der Waals surface area contributed by atoms with E-state index in [1.807, 2.05) is 12.1 Å².